The van der Waals surface area contributed by atoms with Crippen molar-refractivity contribution < 1.29 is 10.2 Å². The van der Waals surface area contributed by atoms with Crippen molar-refractivity contribution in [3.63, 3.8) is 0 Å². The summed E-state index contributed by atoms with van der Waals surface area (Å²) >= 11 is 0. The van der Waals surface area contributed by atoms with Crippen LogP contribution in [0.15, 0.2) is 0 Å². The zero-order valence-electron chi connectivity index (χ0n) is 8.95. The summed E-state index contributed by atoms with van der Waals surface area (Å²) in [6, 6.07) is 0.315. The van der Waals surface area contributed by atoms with E-state index in [1.807, 2.05) is 0 Å². The number of hydrogen-bond acceptors (Lipinski definition) is 4. The lowest BCUT2D eigenvalue weighted by Gasteiger charge is -2.33. The Morgan fingerprint density at radius 2 is 1.86 bits per heavy atom. The van der Waals surface area contributed by atoms with E-state index in [0.29, 0.717) is 6.04 Å². The van der Waals surface area contributed by atoms with Gasteiger partial charge in [0.2, 0.25) is 0 Å². The largest absolute Gasteiger partial charge is 0.395 e. The molecular formula is C10H22N2O2. The minimum absolute atomic E-state index is 0.0183. The van der Waals surface area contributed by atoms with Crippen LogP contribution in [0.5, 0.6) is 0 Å². The lowest BCUT2D eigenvalue weighted by Crippen LogP contribution is -2.48. The van der Waals surface area contributed by atoms with E-state index in [-0.39, 0.29) is 19.3 Å². The molecule has 0 aromatic heterocycles. The molecule has 3 N–H and O–H groups in total. The Labute approximate surface area is 85.9 Å². The predicted molar refractivity (Wildman–Crippen MR) is 56.2 cm³/mol. The van der Waals surface area contributed by atoms with E-state index in [9.17, 15) is 0 Å². The van der Waals surface area contributed by atoms with Crippen molar-refractivity contribution in [2.45, 2.75) is 31.8 Å². The summed E-state index contributed by atoms with van der Waals surface area (Å²) in [5, 5.41) is 21.1. The summed E-state index contributed by atoms with van der Waals surface area (Å²) < 4.78 is 0. The number of nitrogens with zero attached hydrogens (tertiary/aromatic N) is 1. The fourth-order valence-corrected chi connectivity index (χ4v) is 1.91. The van der Waals surface area contributed by atoms with Gasteiger partial charge < -0.3 is 20.4 Å². The molecule has 0 aromatic rings. The van der Waals surface area contributed by atoms with Gasteiger partial charge in [-0.3, -0.25) is 0 Å². The molecule has 0 aliphatic carbocycles. The van der Waals surface area contributed by atoms with Gasteiger partial charge in [0.1, 0.15) is 0 Å². The summed E-state index contributed by atoms with van der Waals surface area (Å²) in [6.07, 6.45) is 2.23. The van der Waals surface area contributed by atoms with Crippen LogP contribution in [0, 0.1) is 0 Å². The van der Waals surface area contributed by atoms with Crippen LogP contribution in [0.4, 0.5) is 0 Å². The molecule has 1 saturated heterocycles. The molecule has 0 saturated carbocycles. The first kappa shape index (κ1) is 11.9. The Morgan fingerprint density at radius 1 is 1.29 bits per heavy atom. The van der Waals surface area contributed by atoms with Gasteiger partial charge in [-0.25, -0.2) is 0 Å². The molecule has 0 bridgehead atoms. The van der Waals surface area contributed by atoms with Gasteiger partial charge in [0.15, 0.2) is 0 Å². The third-order valence-electron chi connectivity index (χ3n) is 2.95. The molecule has 0 amide bonds. The van der Waals surface area contributed by atoms with E-state index in [2.05, 4.69) is 17.1 Å². The predicted octanol–water partition coefficient (Wildman–Crippen LogP) is -0.586. The molecule has 0 aromatic carbocycles. The minimum Gasteiger partial charge on any atom is -0.395 e. The second-order valence-corrected chi connectivity index (χ2v) is 3.94. The van der Waals surface area contributed by atoms with Gasteiger partial charge >= 0.3 is 0 Å². The zero-order valence-corrected chi connectivity index (χ0v) is 8.95. The highest BCUT2D eigenvalue weighted by atomic mass is 16.3. The highest BCUT2D eigenvalue weighted by molar-refractivity contribution is 4.79. The average Bonchev–Trinajstić information content (AvgIpc) is 2.26. The maximum atomic E-state index is 8.92. The second-order valence-electron chi connectivity index (χ2n) is 3.94. The van der Waals surface area contributed by atoms with Crippen LogP contribution in [0.1, 0.15) is 19.8 Å². The van der Waals surface area contributed by atoms with Crippen LogP contribution in [0.2, 0.25) is 0 Å². The summed E-state index contributed by atoms with van der Waals surface area (Å²) in [5.41, 5.74) is 0. The maximum Gasteiger partial charge on any atom is 0.0607 e. The Hall–Kier alpha value is -0.160. The number of aliphatic hydroxyl groups excluding tert-OH is 2. The first-order valence-corrected chi connectivity index (χ1v) is 5.50. The van der Waals surface area contributed by atoms with Crippen LogP contribution < -0.4 is 5.32 Å². The first-order valence-electron chi connectivity index (χ1n) is 5.50. The normalized spacial score (nSPS) is 20.6. The topological polar surface area (TPSA) is 55.7 Å². The van der Waals surface area contributed by atoms with E-state index >= 15 is 0 Å². The highest BCUT2D eigenvalue weighted by Gasteiger charge is 2.19. The molecule has 14 heavy (non-hydrogen) atoms. The minimum atomic E-state index is -0.145. The molecule has 1 fully saturated rings. The van der Waals surface area contributed by atoms with E-state index in [1.165, 1.54) is 0 Å². The molecule has 84 valence electrons. The number of aliphatic hydroxyl groups is 2. The molecular weight excluding hydrogens is 180 g/mol. The summed E-state index contributed by atoms with van der Waals surface area (Å²) in [5.74, 6) is 0. The molecule has 0 radical (unpaired) electrons. The third kappa shape index (κ3) is 3.53. The van der Waals surface area contributed by atoms with Crippen LogP contribution >= 0.6 is 0 Å². The van der Waals surface area contributed by atoms with Crippen molar-refractivity contribution in [1.82, 2.24) is 10.2 Å². The van der Waals surface area contributed by atoms with Gasteiger partial charge in [0.05, 0.1) is 19.3 Å². The number of nitrogens with one attached hydrogen (secondary N) is 1. The zero-order chi connectivity index (χ0) is 10.4. The van der Waals surface area contributed by atoms with E-state index in [4.69, 9.17) is 10.2 Å². The molecule has 0 unspecified atom stereocenters. The lowest BCUT2D eigenvalue weighted by molar-refractivity contribution is 0.139. The highest BCUT2D eigenvalue weighted by Crippen LogP contribution is 2.10. The first-order chi connectivity index (χ1) is 6.80. The van der Waals surface area contributed by atoms with Gasteiger partial charge in [0.25, 0.3) is 0 Å². The fourth-order valence-electron chi connectivity index (χ4n) is 1.91. The Balaban J connectivity index is 2.21. The number of hydrogen-bond donors (Lipinski definition) is 3. The Bertz CT molecular complexity index is 143. The van der Waals surface area contributed by atoms with Gasteiger partial charge in [0, 0.05) is 6.04 Å². The van der Waals surface area contributed by atoms with Crippen molar-refractivity contribution in [1.29, 1.82) is 0 Å². The second kappa shape index (κ2) is 6.35. The molecule has 1 rings (SSSR count). The fraction of sp³-hybridized carbons (Fsp3) is 1.00. The van der Waals surface area contributed by atoms with E-state index in [0.717, 1.165) is 32.5 Å². The lowest BCUT2D eigenvalue weighted by atomic mass is 10.0. The van der Waals surface area contributed by atoms with E-state index in [1.54, 1.807) is 0 Å². The van der Waals surface area contributed by atoms with Crippen LogP contribution in [-0.2, 0) is 0 Å². The van der Waals surface area contributed by atoms with Crippen molar-refractivity contribution in [3.8, 4) is 0 Å². The molecule has 0 atom stereocenters. The molecule has 1 heterocycles. The van der Waals surface area contributed by atoms with Crippen molar-refractivity contribution in [3.05, 3.63) is 0 Å². The molecule has 1 aliphatic heterocycles. The smallest absolute Gasteiger partial charge is 0.0607 e. The number of likely N-dealkylation sites (tertiary alicyclic amines) is 1. The van der Waals surface area contributed by atoms with E-state index < -0.39 is 0 Å². The monoisotopic (exact) mass is 202 g/mol. The van der Waals surface area contributed by atoms with Crippen LogP contribution in [0.3, 0.4) is 0 Å². The standard InChI is InChI=1S/C10H22N2O2/c1-2-12-5-3-9(4-6-12)11-10(7-13)8-14/h9-11,13-14H,2-8H2,1H3. The van der Waals surface area contributed by atoms with Crippen molar-refractivity contribution in [2.75, 3.05) is 32.8 Å². The third-order valence-corrected chi connectivity index (χ3v) is 2.95. The van der Waals surface area contributed by atoms with Gasteiger partial charge in [-0.05, 0) is 32.5 Å². The van der Waals surface area contributed by atoms with Gasteiger partial charge in [-0.15, -0.1) is 0 Å². The molecule has 4 nitrogen and oxygen atoms in total. The Morgan fingerprint density at radius 3 is 2.29 bits per heavy atom. The summed E-state index contributed by atoms with van der Waals surface area (Å²) in [4.78, 5) is 2.42. The van der Waals surface area contributed by atoms with Crippen molar-refractivity contribution in [2.24, 2.45) is 0 Å². The summed E-state index contributed by atoms with van der Waals surface area (Å²) in [6.45, 7) is 5.58. The summed E-state index contributed by atoms with van der Waals surface area (Å²) in [7, 11) is 0. The van der Waals surface area contributed by atoms with Crippen LogP contribution in [0.25, 0.3) is 0 Å². The Kier molecular flexibility index (Phi) is 5.40. The molecule has 0 spiro atoms. The van der Waals surface area contributed by atoms with Crippen molar-refractivity contribution >= 4 is 0 Å². The quantitative estimate of drug-likeness (QED) is 0.558. The number of rotatable bonds is 5. The maximum absolute atomic E-state index is 8.92. The van der Waals surface area contributed by atoms with Gasteiger partial charge in [-0.2, -0.15) is 0 Å². The molecule has 1 aliphatic rings. The number of piperidine rings is 1. The average molecular weight is 202 g/mol. The van der Waals surface area contributed by atoms with Gasteiger partial charge in [-0.1, -0.05) is 6.92 Å². The SMILES string of the molecule is CCN1CCC(NC(CO)CO)CC1. The van der Waals surface area contributed by atoms with Crippen LogP contribution in [-0.4, -0.2) is 60.0 Å². The molecule has 4 heteroatoms.